The summed E-state index contributed by atoms with van der Waals surface area (Å²) < 4.78 is 92.5. The van der Waals surface area contributed by atoms with E-state index in [1.54, 1.807) is 18.2 Å². The maximum absolute atomic E-state index is 13.7. The predicted molar refractivity (Wildman–Crippen MR) is 128 cm³/mol. The van der Waals surface area contributed by atoms with Crippen LogP contribution >= 0.6 is 0 Å². The van der Waals surface area contributed by atoms with Crippen molar-refractivity contribution in [2.45, 2.75) is 0 Å². The van der Waals surface area contributed by atoms with Crippen molar-refractivity contribution in [3.8, 4) is 28.4 Å². The number of rotatable bonds is 6. The highest BCUT2D eigenvalue weighted by Crippen LogP contribution is 2.32. The van der Waals surface area contributed by atoms with Crippen molar-refractivity contribution in [2.75, 3.05) is 13.7 Å². The van der Waals surface area contributed by atoms with Crippen LogP contribution < -0.4 is 25.5 Å². The second-order valence-electron chi connectivity index (χ2n) is 8.13. The molecule has 3 aromatic carbocycles. The Labute approximate surface area is 218 Å². The first-order valence-electron chi connectivity index (χ1n) is 11.1. The van der Waals surface area contributed by atoms with E-state index in [0.717, 1.165) is 12.1 Å². The van der Waals surface area contributed by atoms with Crippen LogP contribution in [0.4, 0.5) is 22.0 Å². The van der Waals surface area contributed by atoms with Gasteiger partial charge in [0, 0.05) is 28.5 Å². The highest BCUT2D eigenvalue weighted by Gasteiger charge is 2.27. The number of benzene rings is 3. The van der Waals surface area contributed by atoms with Crippen molar-refractivity contribution in [2.24, 2.45) is 0 Å². The van der Waals surface area contributed by atoms with Crippen molar-refractivity contribution in [1.29, 1.82) is 0 Å². The van der Waals surface area contributed by atoms with Gasteiger partial charge >= 0.3 is 17.2 Å². The third-order valence-electron chi connectivity index (χ3n) is 5.69. The van der Waals surface area contributed by atoms with Crippen LogP contribution in [0.5, 0.6) is 17.2 Å². The Kier molecular flexibility index (Phi) is 6.71. The topological polar surface area (TPSA) is 105 Å². The summed E-state index contributed by atoms with van der Waals surface area (Å²) in [5.41, 5.74) is -1.36. The van der Waals surface area contributed by atoms with Crippen LogP contribution in [0.3, 0.4) is 0 Å². The lowest BCUT2D eigenvalue weighted by Gasteiger charge is -2.11. The Bertz CT molecular complexity index is 1920. The van der Waals surface area contributed by atoms with Crippen molar-refractivity contribution >= 4 is 27.9 Å². The fourth-order valence-corrected chi connectivity index (χ4v) is 3.90. The van der Waals surface area contributed by atoms with E-state index in [0.29, 0.717) is 11.1 Å². The summed E-state index contributed by atoms with van der Waals surface area (Å²) in [5, 5.41) is 0.765. The Balaban J connectivity index is 1.44. The number of esters is 1. The highest BCUT2D eigenvalue weighted by molar-refractivity contribution is 5.96. The molecule has 0 fully saturated rings. The molecule has 0 aliphatic carbocycles. The van der Waals surface area contributed by atoms with E-state index < -0.39 is 58.7 Å². The normalized spacial score (nSPS) is 11.2. The number of hydrogen-bond acceptors (Lipinski definition) is 8. The number of carbonyl (C=O) groups is 1. The third kappa shape index (κ3) is 4.61. The molecule has 0 bridgehead atoms. The Hall–Kier alpha value is -5.20. The zero-order valence-corrected chi connectivity index (χ0v) is 20.0. The van der Waals surface area contributed by atoms with E-state index in [2.05, 4.69) is 4.74 Å². The first-order valence-corrected chi connectivity index (χ1v) is 11.1. The molecular weight excluding hydrogens is 547 g/mol. The van der Waals surface area contributed by atoms with Crippen LogP contribution in [0.2, 0.25) is 0 Å². The molecule has 0 saturated heterocycles. The SMILES string of the molecule is COc1cccc2cc(-c3cc(=O)oc4cc(OC(=O)COc5c(F)c(F)c(F)c(F)c5F)ccc34)c(=O)oc12. The van der Waals surface area contributed by atoms with Crippen molar-refractivity contribution < 1.29 is 49.8 Å². The van der Waals surface area contributed by atoms with Gasteiger partial charge in [-0.1, -0.05) is 12.1 Å². The van der Waals surface area contributed by atoms with Crippen molar-refractivity contribution in [3.05, 3.63) is 98.5 Å². The van der Waals surface area contributed by atoms with E-state index in [9.17, 15) is 36.3 Å². The Morgan fingerprint density at radius 3 is 2.23 bits per heavy atom. The summed E-state index contributed by atoms with van der Waals surface area (Å²) in [5.74, 6) is -14.3. The van der Waals surface area contributed by atoms with Gasteiger partial charge in [0.2, 0.25) is 29.1 Å². The predicted octanol–water partition coefficient (Wildman–Crippen LogP) is 5.25. The maximum Gasteiger partial charge on any atom is 0.349 e. The lowest BCUT2D eigenvalue weighted by molar-refractivity contribution is -0.136. The van der Waals surface area contributed by atoms with E-state index >= 15 is 0 Å². The molecule has 0 amide bonds. The van der Waals surface area contributed by atoms with Gasteiger partial charge in [-0.25, -0.2) is 27.6 Å². The second-order valence-corrected chi connectivity index (χ2v) is 8.13. The van der Waals surface area contributed by atoms with Gasteiger partial charge in [0.05, 0.1) is 12.7 Å². The zero-order valence-electron chi connectivity index (χ0n) is 20.0. The molecule has 0 unspecified atom stereocenters. The van der Waals surface area contributed by atoms with Crippen molar-refractivity contribution in [3.63, 3.8) is 0 Å². The number of carbonyl (C=O) groups excluding carboxylic acids is 1. The van der Waals surface area contributed by atoms with Crippen molar-refractivity contribution in [1.82, 2.24) is 0 Å². The average Bonchev–Trinajstić information content (AvgIpc) is 2.93. The molecule has 0 spiro atoms. The first-order chi connectivity index (χ1) is 19.1. The maximum atomic E-state index is 13.7. The van der Waals surface area contributed by atoms with Gasteiger partial charge in [0.15, 0.2) is 23.7 Å². The Morgan fingerprint density at radius 1 is 0.825 bits per heavy atom. The fraction of sp³-hybridized carbons (Fsp3) is 0.0741. The minimum absolute atomic E-state index is 0.0274. The molecule has 0 saturated carbocycles. The number of halogens is 5. The smallest absolute Gasteiger partial charge is 0.349 e. The van der Waals surface area contributed by atoms with Gasteiger partial charge in [-0.3, -0.25) is 0 Å². The molecule has 13 heteroatoms. The number of hydrogen-bond donors (Lipinski definition) is 0. The summed E-state index contributed by atoms with van der Waals surface area (Å²) in [6, 6.07) is 11.2. The van der Waals surface area contributed by atoms with E-state index in [1.807, 2.05) is 0 Å². The van der Waals surface area contributed by atoms with Crippen LogP contribution in [0, 0.1) is 29.1 Å². The molecule has 0 radical (unpaired) electrons. The second kappa shape index (κ2) is 10.2. The zero-order chi connectivity index (χ0) is 28.7. The summed E-state index contributed by atoms with van der Waals surface area (Å²) in [6.45, 7) is -1.23. The molecular formula is C27H13F5O8. The largest absolute Gasteiger partial charge is 0.493 e. The van der Waals surface area contributed by atoms with Crippen LogP contribution in [0.25, 0.3) is 33.1 Å². The summed E-state index contributed by atoms with van der Waals surface area (Å²) >= 11 is 0. The van der Waals surface area contributed by atoms with Crippen LogP contribution in [0.15, 0.2) is 67.0 Å². The minimum Gasteiger partial charge on any atom is -0.493 e. The summed E-state index contributed by atoms with van der Waals surface area (Å²) in [6.07, 6.45) is 0. The molecule has 0 aliphatic heterocycles. The van der Waals surface area contributed by atoms with Crippen LogP contribution in [-0.2, 0) is 4.79 Å². The van der Waals surface area contributed by atoms with E-state index in [1.165, 1.54) is 25.3 Å². The fourth-order valence-electron chi connectivity index (χ4n) is 3.90. The number of para-hydroxylation sites is 1. The lowest BCUT2D eigenvalue weighted by Crippen LogP contribution is -2.19. The van der Waals surface area contributed by atoms with Gasteiger partial charge in [-0.2, -0.15) is 8.78 Å². The van der Waals surface area contributed by atoms with Gasteiger partial charge in [-0.15, -0.1) is 0 Å². The molecule has 2 aromatic heterocycles. The summed E-state index contributed by atoms with van der Waals surface area (Å²) in [7, 11) is 1.41. The molecule has 8 nitrogen and oxygen atoms in total. The molecule has 5 rings (SSSR count). The van der Waals surface area contributed by atoms with Gasteiger partial charge in [-0.05, 0) is 24.3 Å². The van der Waals surface area contributed by atoms with Crippen LogP contribution in [0.1, 0.15) is 0 Å². The van der Waals surface area contributed by atoms with Gasteiger partial charge < -0.3 is 23.0 Å². The minimum atomic E-state index is -2.39. The third-order valence-corrected chi connectivity index (χ3v) is 5.69. The number of fused-ring (bicyclic) bond motifs is 2. The number of methoxy groups -OCH3 is 1. The molecule has 0 atom stereocenters. The molecule has 2 heterocycles. The summed E-state index contributed by atoms with van der Waals surface area (Å²) in [4.78, 5) is 37.2. The first kappa shape index (κ1) is 26.4. The molecule has 0 N–H and O–H groups in total. The highest BCUT2D eigenvalue weighted by atomic mass is 19.2. The van der Waals surface area contributed by atoms with Crippen LogP contribution in [-0.4, -0.2) is 19.7 Å². The molecule has 5 aromatic rings. The standard InChI is InChI=1S/C27H13F5O8/c1-36-16-4-2-3-11-7-15(27(35)40-25(11)16)14-9-18(33)39-17-8-12(5-6-13(14)17)38-19(34)10-37-26-23(31)21(29)20(28)22(30)24(26)32/h2-9H,10H2,1H3. The molecule has 40 heavy (non-hydrogen) atoms. The quantitative estimate of drug-likeness (QED) is 0.0693. The number of ether oxygens (including phenoxy) is 3. The Morgan fingerprint density at radius 2 is 1.52 bits per heavy atom. The van der Waals surface area contributed by atoms with Gasteiger partial charge in [0.25, 0.3) is 0 Å². The van der Waals surface area contributed by atoms with E-state index in [-0.39, 0.29) is 33.4 Å². The average molecular weight is 560 g/mol. The van der Waals surface area contributed by atoms with E-state index in [4.69, 9.17) is 18.3 Å². The lowest BCUT2D eigenvalue weighted by atomic mass is 10.0. The molecule has 204 valence electrons. The molecule has 0 aliphatic rings. The monoisotopic (exact) mass is 560 g/mol. The van der Waals surface area contributed by atoms with Gasteiger partial charge in [0.1, 0.15) is 11.3 Å².